The fourth-order valence-electron chi connectivity index (χ4n) is 3.42. The molecule has 0 bridgehead atoms. The summed E-state index contributed by atoms with van der Waals surface area (Å²) in [5.41, 5.74) is 11.3. The van der Waals surface area contributed by atoms with Crippen molar-refractivity contribution >= 4 is 29.6 Å². The van der Waals surface area contributed by atoms with Crippen molar-refractivity contribution in [1.29, 1.82) is 0 Å². The van der Waals surface area contributed by atoms with E-state index in [4.69, 9.17) is 11.5 Å². The minimum Gasteiger partial charge on any atom is -0.508 e. The number of nitrogens with zero attached hydrogens (tertiary/aromatic N) is 1. The summed E-state index contributed by atoms with van der Waals surface area (Å²) in [5, 5.41) is 23.4. The Morgan fingerprint density at radius 3 is 2.41 bits per heavy atom. The summed E-state index contributed by atoms with van der Waals surface area (Å²) in [4.78, 5) is 60.8. The molecule has 0 radical (unpaired) electrons. The molecule has 1 aromatic carbocycles. The summed E-state index contributed by atoms with van der Waals surface area (Å²) in [7, 11) is 0. The van der Waals surface area contributed by atoms with E-state index in [0.29, 0.717) is 18.4 Å². The Morgan fingerprint density at radius 1 is 1.16 bits per heavy atom. The van der Waals surface area contributed by atoms with Crippen LogP contribution in [0.3, 0.4) is 0 Å². The molecule has 0 spiro atoms. The van der Waals surface area contributed by atoms with Crippen LogP contribution in [0.15, 0.2) is 24.3 Å². The minimum atomic E-state index is -1.26. The van der Waals surface area contributed by atoms with Gasteiger partial charge in [-0.3, -0.25) is 19.2 Å². The first kappa shape index (κ1) is 24.6. The maximum absolute atomic E-state index is 12.5. The first-order chi connectivity index (χ1) is 15.1. The van der Waals surface area contributed by atoms with Gasteiger partial charge >= 0.3 is 5.97 Å². The molecule has 1 aliphatic rings. The molecule has 1 aliphatic heterocycles. The molecule has 1 saturated heterocycles. The molecule has 12 nitrogen and oxygen atoms in total. The Bertz CT molecular complexity index is 874. The van der Waals surface area contributed by atoms with E-state index >= 15 is 0 Å². The number of benzene rings is 1. The summed E-state index contributed by atoms with van der Waals surface area (Å²) in [5.74, 6) is -3.83. The topological polar surface area (TPSA) is 205 Å². The molecule has 4 amide bonds. The van der Waals surface area contributed by atoms with Crippen LogP contribution in [-0.4, -0.2) is 75.9 Å². The summed E-state index contributed by atoms with van der Waals surface area (Å²) in [6, 6.07) is 2.64. The second kappa shape index (κ2) is 11.1. The number of hydrogen-bond acceptors (Lipinski definition) is 7. The third-order valence-electron chi connectivity index (χ3n) is 5.01. The lowest BCUT2D eigenvalue weighted by Gasteiger charge is -2.26. The third-order valence-corrected chi connectivity index (χ3v) is 5.01. The quantitative estimate of drug-likeness (QED) is 0.231. The number of carboxylic acids is 1. The first-order valence-electron chi connectivity index (χ1n) is 10.0. The van der Waals surface area contributed by atoms with Gasteiger partial charge in [0.15, 0.2) is 0 Å². The zero-order valence-corrected chi connectivity index (χ0v) is 17.3. The maximum Gasteiger partial charge on any atom is 0.326 e. The number of nitrogens with two attached hydrogens (primary N) is 2. The number of likely N-dealkylation sites (tertiary alicyclic amines) is 1. The van der Waals surface area contributed by atoms with Gasteiger partial charge in [-0.05, 0) is 30.5 Å². The van der Waals surface area contributed by atoms with Crippen LogP contribution < -0.4 is 22.1 Å². The molecular weight excluding hydrogens is 422 g/mol. The summed E-state index contributed by atoms with van der Waals surface area (Å²) in [6.45, 7) is -0.201. The first-order valence-corrected chi connectivity index (χ1v) is 10.0. The van der Waals surface area contributed by atoms with Crippen molar-refractivity contribution in [3.8, 4) is 5.75 Å². The number of phenolic OH excluding ortho intramolecular Hbond substituents is 1. The molecule has 3 unspecified atom stereocenters. The van der Waals surface area contributed by atoms with Gasteiger partial charge in [0.2, 0.25) is 23.6 Å². The number of aliphatic carboxylic acids is 1. The molecule has 1 heterocycles. The van der Waals surface area contributed by atoms with Gasteiger partial charge in [0.05, 0.1) is 19.0 Å². The SMILES string of the molecule is NC(=O)CC(N)C(=O)N1CCCC1C(=O)NCC(=O)NC(Cc1ccc(O)cc1)C(=O)O. The van der Waals surface area contributed by atoms with E-state index in [0.717, 1.165) is 0 Å². The van der Waals surface area contributed by atoms with E-state index < -0.39 is 54.3 Å². The Hall–Kier alpha value is -3.67. The molecule has 1 aromatic rings. The average molecular weight is 449 g/mol. The van der Waals surface area contributed by atoms with Crippen molar-refractivity contribution in [3.05, 3.63) is 29.8 Å². The summed E-state index contributed by atoms with van der Waals surface area (Å²) in [6.07, 6.45) is 0.551. The zero-order valence-electron chi connectivity index (χ0n) is 17.3. The van der Waals surface area contributed by atoms with Gasteiger partial charge in [0.1, 0.15) is 17.8 Å². The van der Waals surface area contributed by atoms with E-state index in [1.165, 1.54) is 29.2 Å². The van der Waals surface area contributed by atoms with E-state index in [1.54, 1.807) is 0 Å². The number of carboxylic acid groups (broad SMARTS) is 1. The number of nitrogens with one attached hydrogen (secondary N) is 2. The lowest BCUT2D eigenvalue weighted by Crippen LogP contribution is -2.53. The summed E-state index contributed by atoms with van der Waals surface area (Å²) >= 11 is 0. The van der Waals surface area contributed by atoms with Crippen LogP contribution >= 0.6 is 0 Å². The number of primary amides is 1. The number of rotatable bonds is 10. The Kier molecular flexibility index (Phi) is 8.53. The largest absolute Gasteiger partial charge is 0.508 e. The van der Waals surface area contributed by atoms with Crippen molar-refractivity contribution in [2.24, 2.45) is 11.5 Å². The molecule has 2 rings (SSSR count). The van der Waals surface area contributed by atoms with Crippen LogP contribution in [0.25, 0.3) is 0 Å². The molecule has 8 N–H and O–H groups in total. The van der Waals surface area contributed by atoms with Gasteiger partial charge in [-0.15, -0.1) is 0 Å². The minimum absolute atomic E-state index is 0.0159. The monoisotopic (exact) mass is 449 g/mol. The fraction of sp³-hybridized carbons (Fsp3) is 0.450. The highest BCUT2D eigenvalue weighted by atomic mass is 16.4. The van der Waals surface area contributed by atoms with Crippen LogP contribution in [-0.2, 0) is 30.4 Å². The van der Waals surface area contributed by atoms with Gasteiger partial charge in [-0.2, -0.15) is 0 Å². The maximum atomic E-state index is 12.5. The Labute approximate surface area is 183 Å². The van der Waals surface area contributed by atoms with Gasteiger partial charge in [-0.1, -0.05) is 12.1 Å². The van der Waals surface area contributed by atoms with E-state index in [-0.39, 0.29) is 25.1 Å². The molecule has 1 fully saturated rings. The number of hydrogen-bond donors (Lipinski definition) is 6. The predicted octanol–water partition coefficient (Wildman–Crippen LogP) is -2.19. The number of carbonyl (C=O) groups excluding carboxylic acids is 4. The Balaban J connectivity index is 1.89. The van der Waals surface area contributed by atoms with Crippen molar-refractivity contribution < 1.29 is 34.2 Å². The second-order valence-corrected chi connectivity index (χ2v) is 7.51. The molecule has 32 heavy (non-hydrogen) atoms. The lowest BCUT2D eigenvalue weighted by atomic mass is 10.1. The number of aromatic hydroxyl groups is 1. The van der Waals surface area contributed by atoms with Gasteiger partial charge in [-0.25, -0.2) is 4.79 Å². The van der Waals surface area contributed by atoms with E-state index in [2.05, 4.69) is 10.6 Å². The highest BCUT2D eigenvalue weighted by Crippen LogP contribution is 2.18. The predicted molar refractivity (Wildman–Crippen MR) is 111 cm³/mol. The number of carbonyl (C=O) groups is 5. The van der Waals surface area contributed by atoms with E-state index in [9.17, 15) is 34.2 Å². The van der Waals surface area contributed by atoms with Crippen molar-refractivity contribution in [3.63, 3.8) is 0 Å². The van der Waals surface area contributed by atoms with E-state index in [1.807, 2.05) is 0 Å². The highest BCUT2D eigenvalue weighted by molar-refractivity contribution is 5.94. The number of amides is 4. The molecule has 3 atom stereocenters. The fourth-order valence-corrected chi connectivity index (χ4v) is 3.42. The van der Waals surface area contributed by atoms with Crippen molar-refractivity contribution in [1.82, 2.24) is 15.5 Å². The summed E-state index contributed by atoms with van der Waals surface area (Å²) < 4.78 is 0. The van der Waals surface area contributed by atoms with Crippen LogP contribution in [0.1, 0.15) is 24.8 Å². The molecule has 0 aromatic heterocycles. The molecule has 12 heteroatoms. The number of phenols is 1. The van der Waals surface area contributed by atoms with Crippen molar-refractivity contribution in [2.45, 2.75) is 43.8 Å². The standard InChI is InChI=1S/C20H27N5O7/c21-13(9-16(22)27)19(30)25-7-1-2-15(25)18(29)23-10-17(28)24-14(20(31)32)8-11-3-5-12(26)6-4-11/h3-6,13-15,26H,1-2,7-10,21H2,(H2,22,27)(H,23,29)(H,24,28)(H,31,32). The van der Waals surface area contributed by atoms with Crippen LogP contribution in [0.2, 0.25) is 0 Å². The van der Waals surface area contributed by atoms with Gasteiger partial charge in [0, 0.05) is 13.0 Å². The van der Waals surface area contributed by atoms with Gasteiger partial charge in [0.25, 0.3) is 0 Å². The van der Waals surface area contributed by atoms with Gasteiger partial charge < -0.3 is 37.2 Å². The van der Waals surface area contributed by atoms with Crippen LogP contribution in [0.5, 0.6) is 5.75 Å². The highest BCUT2D eigenvalue weighted by Gasteiger charge is 2.36. The Morgan fingerprint density at radius 2 is 1.81 bits per heavy atom. The normalized spacial score (nSPS) is 17.3. The van der Waals surface area contributed by atoms with Crippen LogP contribution in [0, 0.1) is 0 Å². The lowest BCUT2D eigenvalue weighted by molar-refractivity contribution is -0.142. The smallest absolute Gasteiger partial charge is 0.326 e. The average Bonchev–Trinajstić information content (AvgIpc) is 3.21. The molecule has 0 saturated carbocycles. The molecule has 0 aliphatic carbocycles. The third kappa shape index (κ3) is 6.94. The van der Waals surface area contributed by atoms with Crippen molar-refractivity contribution in [2.75, 3.05) is 13.1 Å². The zero-order chi connectivity index (χ0) is 23.8. The van der Waals surface area contributed by atoms with Crippen LogP contribution in [0.4, 0.5) is 0 Å². The molecule has 174 valence electrons. The second-order valence-electron chi connectivity index (χ2n) is 7.51. The molecular formula is C20H27N5O7.